The van der Waals surface area contributed by atoms with Gasteiger partial charge in [-0.1, -0.05) is 18.2 Å². The number of aromatic nitrogens is 4. The number of aryl methyl sites for hydroxylation is 1. The molecule has 1 N–H and O–H groups in total. The second kappa shape index (κ2) is 5.76. The van der Waals surface area contributed by atoms with Crippen molar-refractivity contribution in [1.82, 2.24) is 24.6 Å². The topological polar surface area (TPSA) is 76.0 Å². The predicted molar refractivity (Wildman–Crippen MR) is 90.0 cm³/mol. The first-order valence-electron chi connectivity index (χ1n) is 7.94. The van der Waals surface area contributed by atoms with Crippen molar-refractivity contribution in [2.45, 2.75) is 19.1 Å². The summed E-state index contributed by atoms with van der Waals surface area (Å²) < 4.78 is 7.58. The number of hydrogen-bond acceptors (Lipinski definition) is 5. The number of aromatic amines is 1. The van der Waals surface area contributed by atoms with E-state index in [2.05, 4.69) is 26.0 Å². The van der Waals surface area contributed by atoms with Gasteiger partial charge in [-0.15, -0.1) is 0 Å². The molecule has 0 radical (unpaired) electrons. The Kier molecular flexibility index (Phi) is 3.57. The lowest BCUT2D eigenvalue weighted by atomic mass is 10.1. The number of nitrogens with one attached hydrogen (secondary N) is 1. The first-order chi connectivity index (χ1) is 11.6. The Labute approximate surface area is 138 Å². The molecule has 1 aromatic carbocycles. The molecule has 24 heavy (non-hydrogen) atoms. The number of ether oxygens (including phenoxy) is 1. The van der Waals surface area contributed by atoms with Gasteiger partial charge in [0, 0.05) is 20.0 Å². The molecule has 0 saturated heterocycles. The molecule has 2 aromatic heterocycles. The molecular weight excluding hydrogens is 306 g/mol. The van der Waals surface area contributed by atoms with E-state index in [4.69, 9.17) is 4.74 Å². The van der Waals surface area contributed by atoms with Crippen LogP contribution in [0.4, 0.5) is 0 Å². The molecule has 0 saturated carbocycles. The average molecular weight is 325 g/mol. The summed E-state index contributed by atoms with van der Waals surface area (Å²) in [6.45, 7) is 1.31. The summed E-state index contributed by atoms with van der Waals surface area (Å²) in [5.41, 5.74) is 1.70. The summed E-state index contributed by atoms with van der Waals surface area (Å²) in [4.78, 5) is 21.5. The monoisotopic (exact) mass is 325 g/mol. The molecule has 7 heteroatoms. The zero-order valence-electron chi connectivity index (χ0n) is 13.7. The number of para-hydroxylation sites is 1. The molecule has 1 aliphatic heterocycles. The lowest BCUT2D eigenvalue weighted by Gasteiger charge is -2.20. The minimum atomic E-state index is -0.152. The van der Waals surface area contributed by atoms with E-state index in [1.54, 1.807) is 11.7 Å². The third-order valence-electron chi connectivity index (χ3n) is 4.30. The van der Waals surface area contributed by atoms with Gasteiger partial charge in [-0.2, -0.15) is 5.10 Å². The van der Waals surface area contributed by atoms with Crippen LogP contribution in [-0.4, -0.2) is 44.3 Å². The Morgan fingerprint density at radius 3 is 3.08 bits per heavy atom. The van der Waals surface area contributed by atoms with Crippen LogP contribution in [-0.2, 0) is 20.0 Å². The smallest absolute Gasteiger partial charge is 0.262 e. The summed E-state index contributed by atoms with van der Waals surface area (Å²) in [6.07, 6.45) is 2.57. The van der Waals surface area contributed by atoms with Crippen molar-refractivity contribution >= 4 is 11.0 Å². The molecule has 0 spiro atoms. The van der Waals surface area contributed by atoms with Crippen molar-refractivity contribution in [3.05, 3.63) is 52.2 Å². The Morgan fingerprint density at radius 2 is 2.25 bits per heavy atom. The van der Waals surface area contributed by atoms with Gasteiger partial charge in [-0.25, -0.2) is 4.98 Å². The number of likely N-dealkylation sites (N-methyl/N-ethyl adjacent to an activating group) is 1. The van der Waals surface area contributed by atoms with Gasteiger partial charge in [0.25, 0.3) is 5.56 Å². The minimum absolute atomic E-state index is 0.125. The fourth-order valence-electron chi connectivity index (χ4n) is 3.18. The highest BCUT2D eigenvalue weighted by Crippen LogP contribution is 2.28. The molecule has 1 aliphatic rings. The maximum Gasteiger partial charge on any atom is 0.262 e. The highest BCUT2D eigenvalue weighted by Gasteiger charge is 2.23. The molecule has 0 fully saturated rings. The standard InChI is InChI=1S/C17H19N5O2/c1-21(9-12-7-11-5-3-4-6-14(11)24-12)10-15-19-16-13(17(23)20-15)8-18-22(16)2/h3-6,8,12H,7,9-10H2,1-2H3,(H,19,20,23). The summed E-state index contributed by atoms with van der Waals surface area (Å²) in [5.74, 6) is 1.60. The molecule has 0 amide bonds. The van der Waals surface area contributed by atoms with Crippen LogP contribution in [0.2, 0.25) is 0 Å². The van der Waals surface area contributed by atoms with Crippen LogP contribution < -0.4 is 10.3 Å². The fourth-order valence-corrected chi connectivity index (χ4v) is 3.18. The van der Waals surface area contributed by atoms with Crippen LogP contribution in [0.15, 0.2) is 35.3 Å². The molecule has 3 aromatic rings. The summed E-state index contributed by atoms with van der Waals surface area (Å²) >= 11 is 0. The summed E-state index contributed by atoms with van der Waals surface area (Å²) in [7, 11) is 3.78. The van der Waals surface area contributed by atoms with Crippen LogP contribution >= 0.6 is 0 Å². The van der Waals surface area contributed by atoms with E-state index in [0.29, 0.717) is 23.4 Å². The van der Waals surface area contributed by atoms with Crippen molar-refractivity contribution in [3.63, 3.8) is 0 Å². The van der Waals surface area contributed by atoms with Gasteiger partial charge in [0.1, 0.15) is 23.1 Å². The second-order valence-corrected chi connectivity index (χ2v) is 6.27. The molecule has 4 rings (SSSR count). The molecule has 1 unspecified atom stereocenters. The van der Waals surface area contributed by atoms with Gasteiger partial charge in [0.2, 0.25) is 0 Å². The third kappa shape index (κ3) is 2.67. The van der Waals surface area contributed by atoms with Gasteiger partial charge in [0.05, 0.1) is 12.7 Å². The number of hydrogen-bond donors (Lipinski definition) is 1. The van der Waals surface area contributed by atoms with Crippen molar-refractivity contribution < 1.29 is 4.74 Å². The predicted octanol–water partition coefficient (Wildman–Crippen LogP) is 1.09. The molecular formula is C17H19N5O2. The Hall–Kier alpha value is -2.67. The fraction of sp³-hybridized carbons (Fsp3) is 0.353. The van der Waals surface area contributed by atoms with Gasteiger partial charge in [-0.05, 0) is 18.7 Å². The highest BCUT2D eigenvalue weighted by atomic mass is 16.5. The summed E-state index contributed by atoms with van der Waals surface area (Å²) in [6, 6.07) is 8.13. The molecule has 0 bridgehead atoms. The lowest BCUT2D eigenvalue weighted by molar-refractivity contribution is 0.163. The van der Waals surface area contributed by atoms with Crippen LogP contribution in [0, 0.1) is 0 Å². The Bertz CT molecular complexity index is 921. The van der Waals surface area contributed by atoms with E-state index >= 15 is 0 Å². The number of H-pyrrole nitrogens is 1. The first-order valence-corrected chi connectivity index (χ1v) is 7.94. The third-order valence-corrected chi connectivity index (χ3v) is 4.30. The zero-order valence-corrected chi connectivity index (χ0v) is 13.7. The van der Waals surface area contributed by atoms with Crippen molar-refractivity contribution in [1.29, 1.82) is 0 Å². The largest absolute Gasteiger partial charge is 0.488 e. The van der Waals surface area contributed by atoms with Crippen LogP contribution in [0.25, 0.3) is 11.0 Å². The van der Waals surface area contributed by atoms with Crippen LogP contribution in [0.3, 0.4) is 0 Å². The number of fused-ring (bicyclic) bond motifs is 2. The van der Waals surface area contributed by atoms with Crippen molar-refractivity contribution in [2.75, 3.05) is 13.6 Å². The van der Waals surface area contributed by atoms with E-state index in [-0.39, 0.29) is 11.7 Å². The van der Waals surface area contributed by atoms with Crippen LogP contribution in [0.1, 0.15) is 11.4 Å². The van der Waals surface area contributed by atoms with Crippen molar-refractivity contribution in [3.8, 4) is 5.75 Å². The van der Waals surface area contributed by atoms with Gasteiger partial charge >= 0.3 is 0 Å². The second-order valence-electron chi connectivity index (χ2n) is 6.27. The number of nitrogens with zero attached hydrogens (tertiary/aromatic N) is 4. The maximum absolute atomic E-state index is 12.1. The quantitative estimate of drug-likeness (QED) is 0.777. The van der Waals surface area contributed by atoms with E-state index in [1.165, 1.54) is 11.8 Å². The zero-order chi connectivity index (χ0) is 16.7. The normalized spacial score (nSPS) is 16.5. The molecule has 1 atom stereocenters. The van der Waals surface area contributed by atoms with E-state index < -0.39 is 0 Å². The van der Waals surface area contributed by atoms with Gasteiger partial charge in [-0.3, -0.25) is 14.4 Å². The van der Waals surface area contributed by atoms with E-state index in [0.717, 1.165) is 18.7 Å². The molecule has 7 nitrogen and oxygen atoms in total. The average Bonchev–Trinajstić information content (AvgIpc) is 3.11. The van der Waals surface area contributed by atoms with Crippen LogP contribution in [0.5, 0.6) is 5.75 Å². The van der Waals surface area contributed by atoms with E-state index in [1.807, 2.05) is 25.2 Å². The SMILES string of the molecule is CN(Cc1nc2c(cnn2C)c(=O)[nH]1)CC1Cc2ccccc2O1. The first kappa shape index (κ1) is 14.9. The summed E-state index contributed by atoms with van der Waals surface area (Å²) in [5, 5.41) is 4.60. The molecule has 0 aliphatic carbocycles. The Morgan fingerprint density at radius 1 is 1.42 bits per heavy atom. The Balaban J connectivity index is 1.46. The minimum Gasteiger partial charge on any atom is -0.488 e. The lowest BCUT2D eigenvalue weighted by Crippen LogP contribution is -2.32. The number of rotatable bonds is 4. The molecule has 3 heterocycles. The maximum atomic E-state index is 12.1. The van der Waals surface area contributed by atoms with Gasteiger partial charge < -0.3 is 9.72 Å². The number of benzene rings is 1. The van der Waals surface area contributed by atoms with Gasteiger partial charge in [0.15, 0.2) is 5.65 Å². The molecule has 124 valence electrons. The van der Waals surface area contributed by atoms with Crippen molar-refractivity contribution in [2.24, 2.45) is 7.05 Å². The highest BCUT2D eigenvalue weighted by molar-refractivity contribution is 5.72. The van der Waals surface area contributed by atoms with E-state index in [9.17, 15) is 4.79 Å².